The van der Waals surface area contributed by atoms with Gasteiger partial charge in [0.1, 0.15) is 0 Å². The highest BCUT2D eigenvalue weighted by Crippen LogP contribution is 2.25. The molecule has 1 aromatic heterocycles. The van der Waals surface area contributed by atoms with Gasteiger partial charge < -0.3 is 10.6 Å². The number of carbonyl (C=O) groups is 1. The number of aromatic nitrogens is 1. The molecule has 0 aliphatic carbocycles. The number of carbonyl (C=O) groups excluding carboxylic acids is 1. The number of nitrogens with zero attached hydrogens (tertiary/aromatic N) is 1. The van der Waals surface area contributed by atoms with E-state index in [1.807, 2.05) is 12.1 Å². The molecule has 1 amide bonds. The summed E-state index contributed by atoms with van der Waals surface area (Å²) < 4.78 is 2.21. The normalized spacial score (nSPS) is 16.2. The van der Waals surface area contributed by atoms with Crippen molar-refractivity contribution >= 4 is 43.4 Å². The lowest BCUT2D eigenvalue weighted by Gasteiger charge is -2.23. The van der Waals surface area contributed by atoms with Gasteiger partial charge in [-0.2, -0.15) is 0 Å². The molecular formula is C15H18BrN3OS. The molecule has 1 aromatic carbocycles. The number of rotatable bonds is 4. The van der Waals surface area contributed by atoms with E-state index in [0.717, 1.165) is 40.9 Å². The van der Waals surface area contributed by atoms with Crippen LogP contribution in [0.5, 0.6) is 0 Å². The lowest BCUT2D eigenvalue weighted by Crippen LogP contribution is -2.42. The van der Waals surface area contributed by atoms with Crippen LogP contribution in [0.2, 0.25) is 0 Å². The molecule has 3 rings (SSSR count). The van der Waals surface area contributed by atoms with Crippen molar-refractivity contribution in [1.82, 2.24) is 15.6 Å². The van der Waals surface area contributed by atoms with Gasteiger partial charge in [0.2, 0.25) is 5.91 Å². The van der Waals surface area contributed by atoms with Crippen LogP contribution in [0.15, 0.2) is 22.7 Å². The maximum absolute atomic E-state index is 12.0. The number of hydrogen-bond donors (Lipinski definition) is 2. The molecule has 0 atom stereocenters. The van der Waals surface area contributed by atoms with Gasteiger partial charge in [-0.05, 0) is 44.1 Å². The molecule has 1 fully saturated rings. The van der Waals surface area contributed by atoms with Crippen LogP contribution in [-0.2, 0) is 11.2 Å². The van der Waals surface area contributed by atoms with Crippen molar-refractivity contribution in [3.8, 4) is 0 Å². The van der Waals surface area contributed by atoms with Crippen molar-refractivity contribution in [2.24, 2.45) is 0 Å². The molecule has 0 bridgehead atoms. The zero-order valence-corrected chi connectivity index (χ0v) is 14.1. The number of amides is 1. The summed E-state index contributed by atoms with van der Waals surface area (Å²) in [6.07, 6.45) is 3.29. The highest BCUT2D eigenvalue weighted by atomic mass is 79.9. The minimum absolute atomic E-state index is 0.141. The summed E-state index contributed by atoms with van der Waals surface area (Å²) in [6, 6.07) is 6.44. The monoisotopic (exact) mass is 367 g/mol. The quantitative estimate of drug-likeness (QED) is 0.873. The Kier molecular flexibility index (Phi) is 4.87. The average molecular weight is 368 g/mol. The van der Waals surface area contributed by atoms with Crippen molar-refractivity contribution in [3.05, 3.63) is 27.7 Å². The van der Waals surface area contributed by atoms with Gasteiger partial charge >= 0.3 is 0 Å². The van der Waals surface area contributed by atoms with Gasteiger partial charge in [-0.25, -0.2) is 4.98 Å². The lowest BCUT2D eigenvalue weighted by molar-refractivity contribution is -0.121. The average Bonchev–Trinajstić information content (AvgIpc) is 2.88. The van der Waals surface area contributed by atoms with Gasteiger partial charge in [0.05, 0.1) is 15.2 Å². The van der Waals surface area contributed by atoms with Gasteiger partial charge in [-0.1, -0.05) is 15.9 Å². The Morgan fingerprint density at radius 1 is 1.43 bits per heavy atom. The van der Waals surface area contributed by atoms with Crippen molar-refractivity contribution in [2.75, 3.05) is 13.1 Å². The molecule has 2 N–H and O–H groups in total. The number of thiazole rings is 1. The highest BCUT2D eigenvalue weighted by Gasteiger charge is 2.15. The van der Waals surface area contributed by atoms with Crippen molar-refractivity contribution < 1.29 is 4.79 Å². The van der Waals surface area contributed by atoms with E-state index in [2.05, 4.69) is 37.6 Å². The summed E-state index contributed by atoms with van der Waals surface area (Å²) in [7, 11) is 0. The number of benzene rings is 1. The third kappa shape index (κ3) is 4.02. The Bertz CT molecular complexity index is 637. The van der Waals surface area contributed by atoms with E-state index in [9.17, 15) is 4.79 Å². The van der Waals surface area contributed by atoms with E-state index in [1.165, 1.54) is 4.70 Å². The molecule has 2 heterocycles. The van der Waals surface area contributed by atoms with Gasteiger partial charge in [0, 0.05) is 23.4 Å². The first-order chi connectivity index (χ1) is 10.2. The number of halogens is 1. The van der Waals surface area contributed by atoms with Gasteiger partial charge in [0.15, 0.2) is 0 Å². The van der Waals surface area contributed by atoms with Crippen LogP contribution in [0.4, 0.5) is 0 Å². The van der Waals surface area contributed by atoms with E-state index in [-0.39, 0.29) is 5.91 Å². The summed E-state index contributed by atoms with van der Waals surface area (Å²) in [5.74, 6) is 0.141. The van der Waals surface area contributed by atoms with Gasteiger partial charge in [0.25, 0.3) is 0 Å². The SMILES string of the molecule is O=C(CCc1nc2cc(Br)ccc2s1)NC1CCNCC1. The number of aryl methyl sites for hydroxylation is 1. The number of nitrogens with one attached hydrogen (secondary N) is 2. The molecule has 0 spiro atoms. The highest BCUT2D eigenvalue weighted by molar-refractivity contribution is 9.10. The fourth-order valence-electron chi connectivity index (χ4n) is 2.54. The second-order valence-electron chi connectivity index (χ2n) is 5.31. The molecule has 0 saturated carbocycles. The smallest absolute Gasteiger partial charge is 0.220 e. The molecule has 6 heteroatoms. The molecule has 4 nitrogen and oxygen atoms in total. The fraction of sp³-hybridized carbons (Fsp3) is 0.467. The third-order valence-corrected chi connectivity index (χ3v) is 5.25. The summed E-state index contributed by atoms with van der Waals surface area (Å²) in [6.45, 7) is 2.00. The first-order valence-electron chi connectivity index (χ1n) is 7.26. The second kappa shape index (κ2) is 6.85. The van der Waals surface area contributed by atoms with E-state index in [1.54, 1.807) is 11.3 Å². The number of hydrogen-bond acceptors (Lipinski definition) is 4. The topological polar surface area (TPSA) is 54.0 Å². The molecule has 2 aromatic rings. The molecule has 21 heavy (non-hydrogen) atoms. The fourth-order valence-corrected chi connectivity index (χ4v) is 3.84. The number of fused-ring (bicyclic) bond motifs is 1. The molecule has 0 radical (unpaired) electrons. The summed E-state index contributed by atoms with van der Waals surface area (Å²) in [5.41, 5.74) is 1.00. The van der Waals surface area contributed by atoms with E-state index in [0.29, 0.717) is 18.9 Å². The summed E-state index contributed by atoms with van der Waals surface area (Å²) in [5, 5.41) is 7.46. The van der Waals surface area contributed by atoms with Crippen LogP contribution in [-0.4, -0.2) is 30.0 Å². The van der Waals surface area contributed by atoms with Crippen LogP contribution in [0.1, 0.15) is 24.3 Å². The zero-order valence-electron chi connectivity index (χ0n) is 11.7. The molecule has 112 valence electrons. The Balaban J connectivity index is 1.54. The first kappa shape index (κ1) is 14.9. The Labute approximate surface area is 136 Å². The van der Waals surface area contributed by atoms with Crippen LogP contribution in [0.25, 0.3) is 10.2 Å². The van der Waals surface area contributed by atoms with Crippen LogP contribution in [0.3, 0.4) is 0 Å². The Hall–Kier alpha value is -0.980. The van der Waals surface area contributed by atoms with Crippen LogP contribution >= 0.6 is 27.3 Å². The van der Waals surface area contributed by atoms with Crippen molar-refractivity contribution in [3.63, 3.8) is 0 Å². The van der Waals surface area contributed by atoms with Crippen molar-refractivity contribution in [1.29, 1.82) is 0 Å². The van der Waals surface area contributed by atoms with E-state index in [4.69, 9.17) is 0 Å². The lowest BCUT2D eigenvalue weighted by atomic mass is 10.1. The van der Waals surface area contributed by atoms with Gasteiger partial charge in [-0.3, -0.25) is 4.79 Å². The zero-order chi connectivity index (χ0) is 14.7. The van der Waals surface area contributed by atoms with E-state index >= 15 is 0 Å². The molecule has 1 aliphatic rings. The largest absolute Gasteiger partial charge is 0.353 e. The summed E-state index contributed by atoms with van der Waals surface area (Å²) in [4.78, 5) is 16.6. The third-order valence-electron chi connectivity index (χ3n) is 3.66. The van der Waals surface area contributed by atoms with E-state index < -0.39 is 0 Å². The minimum atomic E-state index is 0.141. The van der Waals surface area contributed by atoms with Crippen LogP contribution in [0, 0.1) is 0 Å². The minimum Gasteiger partial charge on any atom is -0.353 e. The summed E-state index contributed by atoms with van der Waals surface area (Å²) >= 11 is 5.13. The van der Waals surface area contributed by atoms with Crippen LogP contribution < -0.4 is 10.6 Å². The predicted molar refractivity (Wildman–Crippen MR) is 89.7 cm³/mol. The standard InChI is InChI=1S/C15H18BrN3OS/c16-10-1-2-13-12(9-10)19-15(21-13)4-3-14(20)18-11-5-7-17-8-6-11/h1-2,9,11,17H,3-8H2,(H,18,20). The Morgan fingerprint density at radius 3 is 3.05 bits per heavy atom. The predicted octanol–water partition coefficient (Wildman–Crippen LogP) is 2.86. The van der Waals surface area contributed by atoms with Gasteiger partial charge in [-0.15, -0.1) is 11.3 Å². The molecule has 1 saturated heterocycles. The second-order valence-corrected chi connectivity index (χ2v) is 7.34. The molecule has 1 aliphatic heterocycles. The molecule has 0 unspecified atom stereocenters. The maximum Gasteiger partial charge on any atom is 0.220 e. The van der Waals surface area contributed by atoms with Crippen molar-refractivity contribution in [2.45, 2.75) is 31.7 Å². The molecular weight excluding hydrogens is 350 g/mol. The Morgan fingerprint density at radius 2 is 2.24 bits per heavy atom. The first-order valence-corrected chi connectivity index (χ1v) is 8.87. The number of piperidine rings is 1. The maximum atomic E-state index is 12.0.